The lowest BCUT2D eigenvalue weighted by atomic mass is 10.1. The van der Waals surface area contributed by atoms with Crippen molar-refractivity contribution in [2.75, 3.05) is 54.2 Å². The van der Waals surface area contributed by atoms with Crippen molar-refractivity contribution in [1.29, 1.82) is 0 Å². The number of anilines is 3. The molecule has 0 saturated carbocycles. The molecule has 2 amide bonds. The summed E-state index contributed by atoms with van der Waals surface area (Å²) < 4.78 is 26.3. The number of halogens is 1. The number of carbonyl (C=O) groups excluding carboxylic acids is 2. The van der Waals surface area contributed by atoms with E-state index in [2.05, 4.69) is 15.6 Å². The zero-order chi connectivity index (χ0) is 24.8. The van der Waals surface area contributed by atoms with Gasteiger partial charge in [0.2, 0.25) is 11.8 Å². The number of amides is 2. The third kappa shape index (κ3) is 4.07. The molecule has 0 bridgehead atoms. The van der Waals surface area contributed by atoms with Crippen LogP contribution in [0.25, 0.3) is 10.9 Å². The highest BCUT2D eigenvalue weighted by Gasteiger charge is 2.38. The fraction of sp³-hybridized carbons (Fsp3) is 0.320. The second kappa shape index (κ2) is 9.14. The Bertz CT molecular complexity index is 1370. The number of pyridine rings is 1. The number of carbonyl (C=O) groups is 2. The summed E-state index contributed by atoms with van der Waals surface area (Å²) in [5.41, 5.74) is 2.21. The summed E-state index contributed by atoms with van der Waals surface area (Å²) in [5.74, 6) is 0.312. The van der Waals surface area contributed by atoms with E-state index in [9.17, 15) is 9.59 Å². The zero-order valence-electron chi connectivity index (χ0n) is 19.5. The first-order valence-electron chi connectivity index (χ1n) is 11.7. The Kier molecular flexibility index (Phi) is 5.81. The number of rotatable bonds is 6. The van der Waals surface area contributed by atoms with Crippen molar-refractivity contribution < 1.29 is 23.5 Å². The summed E-state index contributed by atoms with van der Waals surface area (Å²) in [6, 6.07) is 12.3. The average molecular weight is 510 g/mol. The lowest BCUT2D eigenvalue weighted by Gasteiger charge is -2.41. The maximum Gasteiger partial charge on any atom is 0.414 e. The van der Waals surface area contributed by atoms with Crippen LogP contribution in [0.2, 0.25) is 0 Å². The van der Waals surface area contributed by atoms with E-state index in [1.807, 2.05) is 23.1 Å². The first kappa shape index (κ1) is 22.9. The molecule has 9 nitrogen and oxygen atoms in total. The molecule has 2 N–H and O–H groups in total. The molecule has 6 rings (SSSR count). The van der Waals surface area contributed by atoms with Gasteiger partial charge in [-0.3, -0.25) is 9.69 Å². The van der Waals surface area contributed by atoms with Crippen LogP contribution < -0.4 is 25.2 Å². The maximum atomic E-state index is 15.3. The normalized spacial score (nSPS) is 19.5. The molecule has 2 aromatic carbocycles. The number of ether oxygens (including phenoxy) is 2. The minimum Gasteiger partial charge on any atom is -0.481 e. The van der Waals surface area contributed by atoms with Crippen molar-refractivity contribution in [3.63, 3.8) is 0 Å². The SMILES string of the molecule is COc1ccc2ccc(F)c(N(C[C@@H]3CN(c4ccc5c(c4)NC(=O)CS5)C(=O)O3)C3CNC3)c2n1. The number of cyclic esters (lactones) is 1. The van der Waals surface area contributed by atoms with Crippen molar-refractivity contribution in [2.45, 2.75) is 17.0 Å². The quantitative estimate of drug-likeness (QED) is 0.523. The first-order chi connectivity index (χ1) is 17.5. The van der Waals surface area contributed by atoms with Gasteiger partial charge in [0.15, 0.2) is 0 Å². The standard InChI is InChI=1S/C25H24FN5O4S/c1-34-22-7-3-14-2-5-18(26)24(23(14)29-22)30(16-9-27-10-16)11-17-12-31(25(33)35-17)15-4-6-20-19(8-15)28-21(32)13-36-20/h2-8,16-17,27H,9-13H2,1H3,(H,28,32)/t17-/m1/s1. The van der Waals surface area contributed by atoms with Gasteiger partial charge in [-0.25, -0.2) is 14.2 Å². The van der Waals surface area contributed by atoms with Crippen LogP contribution in [-0.2, 0) is 9.53 Å². The van der Waals surface area contributed by atoms with E-state index >= 15 is 4.39 Å². The van der Waals surface area contributed by atoms with E-state index in [1.54, 1.807) is 23.1 Å². The smallest absolute Gasteiger partial charge is 0.414 e. The van der Waals surface area contributed by atoms with Crippen LogP contribution in [0.4, 0.5) is 26.2 Å². The molecule has 1 atom stereocenters. The summed E-state index contributed by atoms with van der Waals surface area (Å²) in [7, 11) is 1.53. The molecule has 4 heterocycles. The van der Waals surface area contributed by atoms with Crippen LogP contribution in [0, 0.1) is 5.82 Å². The number of benzene rings is 2. The topological polar surface area (TPSA) is 96.0 Å². The Morgan fingerprint density at radius 2 is 2.06 bits per heavy atom. The Hall–Kier alpha value is -3.57. The highest BCUT2D eigenvalue weighted by molar-refractivity contribution is 8.00. The largest absolute Gasteiger partial charge is 0.481 e. The summed E-state index contributed by atoms with van der Waals surface area (Å²) in [4.78, 5) is 33.6. The van der Waals surface area contributed by atoms with Gasteiger partial charge in [0.05, 0.1) is 37.7 Å². The number of methoxy groups -OCH3 is 1. The fourth-order valence-electron chi connectivity index (χ4n) is 4.72. The molecule has 2 saturated heterocycles. The molecule has 3 aliphatic heterocycles. The maximum absolute atomic E-state index is 15.3. The van der Waals surface area contributed by atoms with Crippen molar-refractivity contribution >= 4 is 51.7 Å². The summed E-state index contributed by atoms with van der Waals surface area (Å²) in [6.07, 6.45) is -0.960. The van der Waals surface area contributed by atoms with Gasteiger partial charge in [-0.15, -0.1) is 11.8 Å². The fourth-order valence-corrected chi connectivity index (χ4v) is 5.51. The molecular formula is C25H24FN5O4S. The zero-order valence-corrected chi connectivity index (χ0v) is 20.3. The number of hydrogen-bond acceptors (Lipinski definition) is 8. The van der Waals surface area contributed by atoms with E-state index in [-0.39, 0.29) is 17.8 Å². The number of nitrogens with one attached hydrogen (secondary N) is 2. The average Bonchev–Trinajstić information content (AvgIpc) is 3.21. The van der Waals surface area contributed by atoms with Crippen LogP contribution in [0.1, 0.15) is 0 Å². The van der Waals surface area contributed by atoms with Crippen molar-refractivity contribution in [1.82, 2.24) is 10.3 Å². The highest BCUT2D eigenvalue weighted by Crippen LogP contribution is 2.37. The molecule has 11 heteroatoms. The number of nitrogens with zero attached hydrogens (tertiary/aromatic N) is 3. The molecular weight excluding hydrogens is 485 g/mol. The number of hydrogen-bond donors (Lipinski definition) is 2. The van der Waals surface area contributed by atoms with Crippen molar-refractivity contribution in [2.24, 2.45) is 0 Å². The lowest BCUT2D eigenvalue weighted by Crippen LogP contribution is -2.59. The molecule has 2 fully saturated rings. The van der Waals surface area contributed by atoms with Crippen LogP contribution >= 0.6 is 11.8 Å². The number of thioether (sulfide) groups is 1. The molecule has 0 spiro atoms. The summed E-state index contributed by atoms with van der Waals surface area (Å²) in [5, 5.41) is 6.89. The van der Waals surface area contributed by atoms with Crippen molar-refractivity contribution in [3.8, 4) is 5.88 Å². The Labute approximate surface area is 210 Å². The molecule has 0 radical (unpaired) electrons. The highest BCUT2D eigenvalue weighted by atomic mass is 32.2. The summed E-state index contributed by atoms with van der Waals surface area (Å²) in [6.45, 7) is 1.98. The van der Waals surface area contributed by atoms with Gasteiger partial charge in [0, 0.05) is 35.1 Å². The van der Waals surface area contributed by atoms with Gasteiger partial charge in [-0.05, 0) is 36.4 Å². The van der Waals surface area contributed by atoms with Crippen molar-refractivity contribution in [3.05, 3.63) is 48.3 Å². The summed E-state index contributed by atoms with van der Waals surface area (Å²) >= 11 is 1.46. The van der Waals surface area contributed by atoms with Crippen LogP contribution in [0.15, 0.2) is 47.4 Å². The first-order valence-corrected chi connectivity index (χ1v) is 12.6. The third-order valence-corrected chi connectivity index (χ3v) is 7.71. The molecule has 0 unspecified atom stereocenters. The van der Waals surface area contributed by atoms with Gasteiger partial charge in [-0.2, -0.15) is 0 Å². The second-order valence-corrected chi connectivity index (χ2v) is 9.94. The minimum absolute atomic E-state index is 0.0295. The third-order valence-electron chi connectivity index (χ3n) is 6.64. The Balaban J connectivity index is 1.29. The lowest BCUT2D eigenvalue weighted by molar-refractivity contribution is -0.113. The second-order valence-electron chi connectivity index (χ2n) is 8.92. The van der Waals surface area contributed by atoms with Gasteiger partial charge >= 0.3 is 6.09 Å². The number of aromatic nitrogens is 1. The van der Waals surface area contributed by atoms with E-state index in [0.717, 1.165) is 10.3 Å². The Morgan fingerprint density at radius 1 is 1.22 bits per heavy atom. The van der Waals surface area contributed by atoms with E-state index in [0.29, 0.717) is 60.4 Å². The van der Waals surface area contributed by atoms with Crippen LogP contribution in [0.5, 0.6) is 5.88 Å². The molecule has 1 aromatic heterocycles. The monoisotopic (exact) mass is 509 g/mol. The Morgan fingerprint density at radius 3 is 2.83 bits per heavy atom. The van der Waals surface area contributed by atoms with E-state index in [1.165, 1.54) is 24.9 Å². The van der Waals surface area contributed by atoms with Gasteiger partial charge in [-0.1, -0.05) is 0 Å². The predicted octanol–water partition coefficient (Wildman–Crippen LogP) is 3.23. The van der Waals surface area contributed by atoms with Gasteiger partial charge in [0.25, 0.3) is 0 Å². The number of fused-ring (bicyclic) bond motifs is 2. The van der Waals surface area contributed by atoms with Crippen LogP contribution in [0.3, 0.4) is 0 Å². The molecule has 3 aliphatic rings. The van der Waals surface area contributed by atoms with E-state index in [4.69, 9.17) is 9.47 Å². The van der Waals surface area contributed by atoms with Crippen LogP contribution in [-0.4, -0.2) is 68.2 Å². The predicted molar refractivity (Wildman–Crippen MR) is 136 cm³/mol. The molecule has 3 aromatic rings. The minimum atomic E-state index is -0.488. The molecule has 186 valence electrons. The van der Waals surface area contributed by atoms with E-state index < -0.39 is 12.2 Å². The van der Waals surface area contributed by atoms with Gasteiger partial charge in [0.1, 0.15) is 23.1 Å². The van der Waals surface area contributed by atoms with Gasteiger partial charge < -0.3 is 25.0 Å². The molecule has 0 aliphatic carbocycles. The molecule has 36 heavy (non-hydrogen) atoms.